The number of rotatable bonds is 5. The normalized spacial score (nSPS) is 20.6. The Hall–Kier alpha value is -3.24. The number of aryl methyl sites for hydroxylation is 1. The Labute approximate surface area is 190 Å². The van der Waals surface area contributed by atoms with Crippen LogP contribution in [0, 0.1) is 0 Å². The number of aliphatic hydroxyl groups excluding tert-OH is 1. The Morgan fingerprint density at radius 3 is 2.48 bits per heavy atom. The molecule has 0 unspecified atom stereocenters. The first kappa shape index (κ1) is 21.6. The molecule has 1 amide bonds. The summed E-state index contributed by atoms with van der Waals surface area (Å²) in [6.45, 7) is 3.21. The second-order valence-corrected chi connectivity index (χ2v) is 9.05. The predicted octanol–water partition coefficient (Wildman–Crippen LogP) is -0.0261. The number of aromatic nitrogens is 4. The maximum absolute atomic E-state index is 12.8. The number of fused-ring (bicyclic) bond motifs is 2. The van der Waals surface area contributed by atoms with Gasteiger partial charge in [0.05, 0.1) is 18.5 Å². The summed E-state index contributed by atoms with van der Waals surface area (Å²) in [5.41, 5.74) is 2.30. The highest BCUT2D eigenvalue weighted by atomic mass is 16.3. The van der Waals surface area contributed by atoms with Crippen molar-refractivity contribution in [3.8, 4) is 0 Å². The summed E-state index contributed by atoms with van der Waals surface area (Å²) in [5, 5.41) is 10.7. The number of carbonyl (C=O) groups excluding carboxylic acids is 1. The van der Waals surface area contributed by atoms with Crippen molar-refractivity contribution in [1.82, 2.24) is 28.5 Å². The number of aliphatic hydroxyl groups is 1. The van der Waals surface area contributed by atoms with Gasteiger partial charge in [-0.3, -0.25) is 23.6 Å². The molecule has 2 aliphatic heterocycles. The molecule has 10 heteroatoms. The first-order valence-electron chi connectivity index (χ1n) is 11.2. The van der Waals surface area contributed by atoms with E-state index in [1.807, 2.05) is 0 Å². The van der Waals surface area contributed by atoms with Gasteiger partial charge in [-0.1, -0.05) is 24.3 Å². The SMILES string of the molecule is Cn1c(=O)c2ncn([C@@H]3CN(C(=O)CCCN4Cc5ccccc5C4)C[C@H]3O)c2n(C)c1=O. The van der Waals surface area contributed by atoms with E-state index in [4.69, 9.17) is 0 Å². The summed E-state index contributed by atoms with van der Waals surface area (Å²) < 4.78 is 4.02. The van der Waals surface area contributed by atoms with E-state index in [-0.39, 0.29) is 18.0 Å². The number of hydrogen-bond acceptors (Lipinski definition) is 6. The van der Waals surface area contributed by atoms with Crippen LogP contribution in [0.1, 0.15) is 30.0 Å². The second kappa shape index (κ2) is 8.27. The van der Waals surface area contributed by atoms with Crippen molar-refractivity contribution in [3.63, 3.8) is 0 Å². The molecular weight excluding hydrogens is 424 g/mol. The highest BCUT2D eigenvalue weighted by molar-refractivity contribution is 5.77. The van der Waals surface area contributed by atoms with Gasteiger partial charge in [-0.2, -0.15) is 0 Å². The minimum atomic E-state index is -0.807. The van der Waals surface area contributed by atoms with E-state index in [9.17, 15) is 19.5 Å². The van der Waals surface area contributed by atoms with Gasteiger partial charge in [0.25, 0.3) is 5.56 Å². The van der Waals surface area contributed by atoms with E-state index in [1.165, 1.54) is 29.1 Å². The van der Waals surface area contributed by atoms with Gasteiger partial charge >= 0.3 is 5.69 Å². The molecule has 0 saturated carbocycles. The van der Waals surface area contributed by atoms with Gasteiger partial charge in [-0.15, -0.1) is 0 Å². The van der Waals surface area contributed by atoms with Crippen molar-refractivity contribution in [2.75, 3.05) is 19.6 Å². The summed E-state index contributed by atoms with van der Waals surface area (Å²) >= 11 is 0. The summed E-state index contributed by atoms with van der Waals surface area (Å²) in [7, 11) is 2.98. The van der Waals surface area contributed by atoms with Gasteiger partial charge in [0.2, 0.25) is 5.91 Å². The molecular formula is C23H28N6O4. The molecule has 2 aliphatic rings. The van der Waals surface area contributed by atoms with E-state index in [0.29, 0.717) is 18.6 Å². The quantitative estimate of drug-likeness (QED) is 0.583. The van der Waals surface area contributed by atoms with E-state index >= 15 is 0 Å². The number of carbonyl (C=O) groups is 1. The summed E-state index contributed by atoms with van der Waals surface area (Å²) in [4.78, 5) is 45.8. The van der Waals surface area contributed by atoms with Crippen LogP contribution in [0.15, 0.2) is 40.2 Å². The first-order chi connectivity index (χ1) is 15.8. The van der Waals surface area contributed by atoms with Crippen LogP contribution in [0.5, 0.6) is 0 Å². The van der Waals surface area contributed by atoms with Gasteiger partial charge in [0.1, 0.15) is 5.65 Å². The van der Waals surface area contributed by atoms with Crippen LogP contribution in [0.25, 0.3) is 11.2 Å². The van der Waals surface area contributed by atoms with Crippen LogP contribution >= 0.6 is 0 Å². The van der Waals surface area contributed by atoms with Crippen LogP contribution in [-0.2, 0) is 32.0 Å². The number of imidazole rings is 1. The van der Waals surface area contributed by atoms with Crippen LogP contribution in [-0.4, -0.2) is 65.2 Å². The van der Waals surface area contributed by atoms with Crippen LogP contribution in [0.2, 0.25) is 0 Å². The molecule has 3 aromatic rings. The van der Waals surface area contributed by atoms with Gasteiger partial charge < -0.3 is 14.6 Å². The lowest BCUT2D eigenvalue weighted by molar-refractivity contribution is -0.130. The molecule has 2 aromatic heterocycles. The Kier molecular flexibility index (Phi) is 5.41. The third-order valence-electron chi connectivity index (χ3n) is 6.91. The topological polar surface area (TPSA) is 106 Å². The maximum atomic E-state index is 12.8. The lowest BCUT2D eigenvalue weighted by atomic mass is 10.1. The molecule has 0 radical (unpaired) electrons. The number of nitrogens with zero attached hydrogens (tertiary/aromatic N) is 6. The summed E-state index contributed by atoms with van der Waals surface area (Å²) in [6.07, 6.45) is 1.83. The average molecular weight is 453 g/mol. The van der Waals surface area contributed by atoms with Gasteiger partial charge in [0.15, 0.2) is 5.52 Å². The zero-order valence-corrected chi connectivity index (χ0v) is 18.8. The third kappa shape index (κ3) is 3.68. The largest absolute Gasteiger partial charge is 0.389 e. The van der Waals surface area contributed by atoms with Crippen molar-refractivity contribution >= 4 is 17.1 Å². The lowest BCUT2D eigenvalue weighted by Gasteiger charge is -2.19. The van der Waals surface area contributed by atoms with Crippen LogP contribution in [0.4, 0.5) is 0 Å². The van der Waals surface area contributed by atoms with Gasteiger partial charge in [0, 0.05) is 46.7 Å². The lowest BCUT2D eigenvalue weighted by Crippen LogP contribution is -2.38. The summed E-state index contributed by atoms with van der Waals surface area (Å²) in [6, 6.07) is 7.94. The first-order valence-corrected chi connectivity index (χ1v) is 11.2. The van der Waals surface area contributed by atoms with E-state index in [1.54, 1.807) is 16.5 Å². The molecule has 10 nitrogen and oxygen atoms in total. The zero-order valence-electron chi connectivity index (χ0n) is 18.8. The Morgan fingerprint density at radius 1 is 1.09 bits per heavy atom. The van der Waals surface area contributed by atoms with E-state index < -0.39 is 23.4 Å². The van der Waals surface area contributed by atoms with Crippen molar-refractivity contribution in [2.45, 2.75) is 38.1 Å². The molecule has 4 heterocycles. The zero-order chi connectivity index (χ0) is 23.3. The Morgan fingerprint density at radius 2 is 1.79 bits per heavy atom. The van der Waals surface area contributed by atoms with E-state index in [2.05, 4.69) is 34.1 Å². The van der Waals surface area contributed by atoms with Crippen molar-refractivity contribution in [2.24, 2.45) is 14.1 Å². The molecule has 1 saturated heterocycles. The predicted molar refractivity (Wildman–Crippen MR) is 122 cm³/mol. The number of likely N-dealkylation sites (tertiary alicyclic amines) is 1. The van der Waals surface area contributed by atoms with Gasteiger partial charge in [-0.05, 0) is 24.1 Å². The molecule has 1 N–H and O–H groups in total. The minimum Gasteiger partial charge on any atom is -0.389 e. The number of amides is 1. The van der Waals surface area contributed by atoms with Crippen LogP contribution < -0.4 is 11.2 Å². The monoisotopic (exact) mass is 452 g/mol. The van der Waals surface area contributed by atoms with E-state index in [0.717, 1.165) is 30.6 Å². The fraction of sp³-hybridized carbons (Fsp3) is 0.478. The Bertz CT molecular complexity index is 1310. The Balaban J connectivity index is 1.24. The maximum Gasteiger partial charge on any atom is 0.332 e. The number of hydrogen-bond donors (Lipinski definition) is 1. The third-order valence-corrected chi connectivity index (χ3v) is 6.91. The summed E-state index contributed by atoms with van der Waals surface area (Å²) in [5.74, 6) is 0.00230. The fourth-order valence-electron chi connectivity index (χ4n) is 5.06. The standard InChI is InChI=1S/C23H28N6O4/c1-25-21-20(22(32)26(2)23(25)33)24-14-29(21)17-12-28(13-18(17)30)19(31)8-5-9-27-10-15-6-3-4-7-16(15)11-27/h3-4,6-7,14,17-18,30H,5,8-13H2,1-2H3/t17-,18-/m1/s1. The molecule has 0 aliphatic carbocycles. The second-order valence-electron chi connectivity index (χ2n) is 9.05. The molecule has 5 rings (SSSR count). The highest BCUT2D eigenvalue weighted by Crippen LogP contribution is 2.26. The average Bonchev–Trinajstić information content (AvgIpc) is 3.52. The molecule has 2 atom stereocenters. The minimum absolute atomic E-state index is 0.00230. The van der Waals surface area contributed by atoms with Gasteiger partial charge in [-0.25, -0.2) is 9.78 Å². The molecule has 1 fully saturated rings. The molecule has 33 heavy (non-hydrogen) atoms. The van der Waals surface area contributed by atoms with Crippen molar-refractivity contribution < 1.29 is 9.90 Å². The molecule has 1 aromatic carbocycles. The number of β-amino-alcohol motifs (C(OH)–C–C–N with tert-alkyl or cyclic N) is 1. The van der Waals surface area contributed by atoms with Crippen LogP contribution in [0.3, 0.4) is 0 Å². The molecule has 0 spiro atoms. The molecule has 0 bridgehead atoms. The fourth-order valence-corrected chi connectivity index (χ4v) is 5.06. The smallest absolute Gasteiger partial charge is 0.332 e. The highest BCUT2D eigenvalue weighted by Gasteiger charge is 2.36. The van der Waals surface area contributed by atoms with Crippen molar-refractivity contribution in [3.05, 3.63) is 62.6 Å². The van der Waals surface area contributed by atoms with Crippen molar-refractivity contribution in [1.29, 1.82) is 0 Å². The molecule has 174 valence electrons. The number of benzene rings is 1.